The Kier molecular flexibility index (Phi) is 12.4. The Morgan fingerprint density at radius 2 is 1.49 bits per heavy atom. The third kappa shape index (κ3) is 7.88. The van der Waals surface area contributed by atoms with Crippen LogP contribution in [-0.4, -0.2) is 58.6 Å². The second-order valence-corrected chi connectivity index (χ2v) is 21.7. The monoisotopic (exact) mass is 817 g/mol. The molecule has 6 rings (SSSR count). The Morgan fingerprint density at radius 1 is 0.814 bits per heavy atom. The number of unbranched alkanes of at least 4 members (excludes halogenated alkanes) is 2. The summed E-state index contributed by atoms with van der Waals surface area (Å²) in [5, 5.41) is 25.2. The Morgan fingerprint density at radius 3 is 2.15 bits per heavy atom. The van der Waals surface area contributed by atoms with Crippen LogP contribution < -0.4 is 10.6 Å². The molecule has 2 amide bonds. The first-order valence-corrected chi connectivity index (χ1v) is 22.6. The Hall–Kier alpha value is -3.69. The lowest BCUT2D eigenvalue weighted by atomic mass is 9.33. The van der Waals surface area contributed by atoms with Gasteiger partial charge < -0.3 is 25.6 Å². The van der Waals surface area contributed by atoms with Crippen molar-refractivity contribution in [1.82, 2.24) is 10.6 Å². The Bertz CT molecular complexity index is 1850. The molecule has 0 radical (unpaired) electrons. The number of carbonyl (C=O) groups is 5. The van der Waals surface area contributed by atoms with Gasteiger partial charge in [-0.25, -0.2) is 14.4 Å². The first-order chi connectivity index (χ1) is 27.5. The van der Waals surface area contributed by atoms with Gasteiger partial charge in [0.2, 0.25) is 11.8 Å². The van der Waals surface area contributed by atoms with Gasteiger partial charge in [-0.3, -0.25) is 9.59 Å². The van der Waals surface area contributed by atoms with Gasteiger partial charge in [0.05, 0.1) is 16.5 Å². The van der Waals surface area contributed by atoms with Crippen molar-refractivity contribution in [3.63, 3.8) is 0 Å². The quantitative estimate of drug-likeness (QED) is 0.0871. The molecule has 1 aromatic rings. The minimum absolute atomic E-state index is 0.0221. The molecule has 0 unspecified atom stereocenters. The van der Waals surface area contributed by atoms with Gasteiger partial charge in [-0.15, -0.1) is 0 Å². The third-order valence-corrected chi connectivity index (χ3v) is 17.3. The first-order valence-electron chi connectivity index (χ1n) is 22.6. The number of rotatable bonds is 13. The van der Waals surface area contributed by atoms with Crippen molar-refractivity contribution in [2.24, 2.45) is 56.2 Å². The van der Waals surface area contributed by atoms with Crippen molar-refractivity contribution in [3.8, 4) is 0 Å². The van der Waals surface area contributed by atoms with Crippen LogP contribution in [0.1, 0.15) is 173 Å². The summed E-state index contributed by atoms with van der Waals surface area (Å²) < 4.78 is 6.25. The fraction of sp³-hybridized carbons (Fsp3) is 0.735. The molecule has 0 spiro atoms. The number of carboxylic acids is 2. The van der Waals surface area contributed by atoms with Crippen molar-refractivity contribution in [2.75, 3.05) is 6.54 Å². The maximum Gasteiger partial charge on any atom is 0.339 e. The Labute approximate surface area is 352 Å². The molecule has 0 aromatic heterocycles. The zero-order chi connectivity index (χ0) is 43.3. The number of benzene rings is 1. The molecule has 10 nitrogen and oxygen atoms in total. The second-order valence-electron chi connectivity index (χ2n) is 21.7. The van der Waals surface area contributed by atoms with Crippen LogP contribution in [0.25, 0.3) is 0 Å². The molecular weight excluding hydrogens is 745 g/mol. The molecule has 0 aliphatic heterocycles. The van der Waals surface area contributed by atoms with E-state index < -0.39 is 29.4 Å². The summed E-state index contributed by atoms with van der Waals surface area (Å²) in [6, 6.07) is 5.42. The van der Waals surface area contributed by atoms with E-state index in [0.29, 0.717) is 24.8 Å². The van der Waals surface area contributed by atoms with Crippen LogP contribution in [0.2, 0.25) is 0 Å². The smallest absolute Gasteiger partial charge is 0.339 e. The molecule has 0 heterocycles. The standard InChI is InChI=1S/C49H72N2O8/c1-30(2)39(41(55)56)51-38(52)17-11-10-14-28-50-43(58)49-26-24-44(3,4)29-34(49)33-18-19-36-46(7)22-21-37(59-42(57)32-16-13-12-15-31(32)40(53)54)45(5,6)35(46)20-23-48(36,9)47(33,8)25-27-49/h12-13,15-16,18,30,34-37,39H,10-11,14,17,19-29H2,1-9H3,(H,50,58)(H,51,52)(H,53,54)(H,55,56)/t34-,35-,36+,37-,39-,46-,47+,48+,49-/m0/s1. The van der Waals surface area contributed by atoms with E-state index in [1.807, 2.05) is 0 Å². The summed E-state index contributed by atoms with van der Waals surface area (Å²) in [7, 11) is 0. The zero-order valence-corrected chi connectivity index (χ0v) is 37.3. The highest BCUT2D eigenvalue weighted by molar-refractivity contribution is 6.02. The van der Waals surface area contributed by atoms with Gasteiger partial charge >= 0.3 is 17.9 Å². The van der Waals surface area contributed by atoms with E-state index in [-0.39, 0.29) is 74.4 Å². The number of aromatic carboxylic acids is 1. The molecule has 4 fully saturated rings. The van der Waals surface area contributed by atoms with Gasteiger partial charge in [0.25, 0.3) is 0 Å². The number of carboxylic acid groups (broad SMARTS) is 2. The van der Waals surface area contributed by atoms with Gasteiger partial charge in [0.1, 0.15) is 12.1 Å². The number of amides is 2. The predicted molar refractivity (Wildman–Crippen MR) is 228 cm³/mol. The van der Waals surface area contributed by atoms with Gasteiger partial charge in [-0.05, 0) is 135 Å². The normalized spacial score (nSPS) is 34.7. The van der Waals surface area contributed by atoms with Gasteiger partial charge in [0.15, 0.2) is 0 Å². The van der Waals surface area contributed by atoms with E-state index in [9.17, 15) is 34.2 Å². The average molecular weight is 817 g/mol. The molecule has 326 valence electrons. The average Bonchev–Trinajstić information content (AvgIpc) is 3.16. The highest BCUT2D eigenvalue weighted by Crippen LogP contribution is 2.76. The summed E-state index contributed by atoms with van der Waals surface area (Å²) >= 11 is 0. The van der Waals surface area contributed by atoms with E-state index in [2.05, 4.69) is 65.2 Å². The second kappa shape index (κ2) is 16.3. The van der Waals surface area contributed by atoms with Crippen molar-refractivity contribution in [3.05, 3.63) is 47.0 Å². The van der Waals surface area contributed by atoms with Crippen LogP contribution >= 0.6 is 0 Å². The molecule has 0 bridgehead atoms. The number of hydrogen-bond acceptors (Lipinski definition) is 6. The molecule has 0 saturated heterocycles. The van der Waals surface area contributed by atoms with Crippen molar-refractivity contribution < 1.29 is 38.9 Å². The molecule has 5 aliphatic rings. The lowest BCUT2D eigenvalue weighted by Crippen LogP contribution is -2.65. The van der Waals surface area contributed by atoms with Crippen LogP contribution in [0.15, 0.2) is 35.9 Å². The minimum atomic E-state index is -1.14. The minimum Gasteiger partial charge on any atom is -0.480 e. The Balaban J connectivity index is 1.15. The topological polar surface area (TPSA) is 159 Å². The molecule has 1 aromatic carbocycles. The largest absolute Gasteiger partial charge is 0.480 e. The van der Waals surface area contributed by atoms with E-state index in [1.54, 1.807) is 32.0 Å². The fourth-order valence-electron chi connectivity index (χ4n) is 13.6. The van der Waals surface area contributed by atoms with Crippen LogP contribution in [0.5, 0.6) is 0 Å². The maximum absolute atomic E-state index is 14.5. The molecule has 5 aliphatic carbocycles. The molecule has 4 saturated carbocycles. The fourth-order valence-corrected chi connectivity index (χ4v) is 13.6. The van der Waals surface area contributed by atoms with Crippen molar-refractivity contribution >= 4 is 29.7 Å². The van der Waals surface area contributed by atoms with E-state index >= 15 is 0 Å². The number of allylic oxidation sites excluding steroid dienone is 2. The molecule has 4 N–H and O–H groups in total. The summed E-state index contributed by atoms with van der Waals surface area (Å²) in [5.41, 5.74) is 0.993. The predicted octanol–water partition coefficient (Wildman–Crippen LogP) is 9.61. The van der Waals surface area contributed by atoms with E-state index in [4.69, 9.17) is 4.74 Å². The van der Waals surface area contributed by atoms with Gasteiger partial charge in [-0.2, -0.15) is 0 Å². The van der Waals surface area contributed by atoms with E-state index in [0.717, 1.165) is 77.0 Å². The van der Waals surface area contributed by atoms with Crippen molar-refractivity contribution in [2.45, 2.75) is 164 Å². The number of ether oxygens (including phenoxy) is 1. The SMILES string of the molecule is CC(C)[C@H](NC(=O)CCCCCNC(=O)[C@]12CCC(C)(C)C[C@H]1C1=CC[C@@H]3[C@@]4(C)CC[C@H](OC(=O)c5ccccc5C(=O)O)C(C)(C)[C@@H]4CC[C@@]3(C)[C@]1(C)CC2)C(=O)O. The highest BCUT2D eigenvalue weighted by Gasteiger charge is 2.69. The number of nitrogens with one attached hydrogen (secondary N) is 2. The lowest BCUT2D eigenvalue weighted by molar-refractivity contribution is -0.204. The van der Waals surface area contributed by atoms with Crippen LogP contribution in [0.3, 0.4) is 0 Å². The summed E-state index contributed by atoms with van der Waals surface area (Å²) in [5.74, 6) is -2.03. The van der Waals surface area contributed by atoms with E-state index in [1.165, 1.54) is 11.6 Å². The van der Waals surface area contributed by atoms with Gasteiger partial charge in [-0.1, -0.05) is 92.5 Å². The summed E-state index contributed by atoms with van der Waals surface area (Å²) in [6.45, 7) is 20.9. The van der Waals surface area contributed by atoms with Gasteiger partial charge in [0, 0.05) is 18.4 Å². The highest BCUT2D eigenvalue weighted by atomic mass is 16.5. The maximum atomic E-state index is 14.5. The van der Waals surface area contributed by atoms with Crippen LogP contribution in [0, 0.1) is 56.2 Å². The number of hydrogen-bond donors (Lipinski definition) is 4. The molecular formula is C49H72N2O8. The first kappa shape index (κ1) is 44.9. The number of esters is 1. The molecule has 9 atom stereocenters. The van der Waals surface area contributed by atoms with Crippen molar-refractivity contribution in [1.29, 1.82) is 0 Å². The summed E-state index contributed by atoms with van der Waals surface area (Å²) in [4.78, 5) is 63.9. The summed E-state index contributed by atoms with van der Waals surface area (Å²) in [6.07, 6.45) is 14.2. The van der Waals surface area contributed by atoms with Crippen LogP contribution in [0.4, 0.5) is 0 Å². The third-order valence-electron chi connectivity index (χ3n) is 17.3. The number of fused-ring (bicyclic) bond motifs is 7. The number of aliphatic carboxylic acids is 1. The molecule has 10 heteroatoms. The lowest BCUT2D eigenvalue weighted by Gasteiger charge is -2.71. The zero-order valence-electron chi connectivity index (χ0n) is 37.3. The number of carbonyl (C=O) groups excluding carboxylic acids is 3. The molecule has 59 heavy (non-hydrogen) atoms. The van der Waals surface area contributed by atoms with Crippen LogP contribution in [-0.2, 0) is 19.1 Å².